The Morgan fingerprint density at radius 2 is 1.42 bits per heavy atom. The minimum Gasteiger partial charge on any atom is -0.491 e. The van der Waals surface area contributed by atoms with Crippen LogP contribution in [0, 0.1) is 11.6 Å². The van der Waals surface area contributed by atoms with Crippen LogP contribution in [0.5, 0.6) is 11.5 Å². The fourth-order valence-electron chi connectivity index (χ4n) is 2.71. The van der Waals surface area contributed by atoms with Crippen molar-refractivity contribution in [1.82, 2.24) is 0 Å². The van der Waals surface area contributed by atoms with Gasteiger partial charge >= 0.3 is 0 Å². The van der Waals surface area contributed by atoms with E-state index in [1.807, 2.05) is 0 Å². The number of furan rings is 1. The van der Waals surface area contributed by atoms with Gasteiger partial charge in [0, 0.05) is 10.8 Å². The quantitative estimate of drug-likeness (QED) is 0.509. The first-order chi connectivity index (χ1) is 11.7. The minimum atomic E-state index is -0.615. The molecule has 0 fully saturated rings. The summed E-state index contributed by atoms with van der Waals surface area (Å²) in [7, 11) is 0. The first kappa shape index (κ1) is 16.6. The summed E-state index contributed by atoms with van der Waals surface area (Å²) in [5.74, 6) is -0.989. The standard InChI is InChI=1S/C19H20F2O3/c1-3-5-6-11-23-15-10-8-13-12-7-9-14(22-4-2)16(20)18(12)24-19(13)17(15)21/h7-10H,3-6,11H2,1-2H3. The molecule has 3 aromatic rings. The highest BCUT2D eigenvalue weighted by Crippen LogP contribution is 2.37. The van der Waals surface area contributed by atoms with Gasteiger partial charge in [0.25, 0.3) is 0 Å². The van der Waals surface area contributed by atoms with Crippen LogP contribution in [0.2, 0.25) is 0 Å². The number of hydrogen-bond donors (Lipinski definition) is 0. The molecule has 2 aromatic carbocycles. The molecule has 0 aliphatic rings. The van der Waals surface area contributed by atoms with Gasteiger partial charge in [0.1, 0.15) is 0 Å². The smallest absolute Gasteiger partial charge is 0.208 e. The molecular formula is C19H20F2O3. The van der Waals surface area contributed by atoms with Gasteiger partial charge in [0.15, 0.2) is 22.7 Å². The highest BCUT2D eigenvalue weighted by Gasteiger charge is 2.19. The van der Waals surface area contributed by atoms with E-state index in [0.29, 0.717) is 24.0 Å². The maximum Gasteiger partial charge on any atom is 0.208 e. The van der Waals surface area contributed by atoms with Crippen molar-refractivity contribution in [2.24, 2.45) is 0 Å². The molecule has 0 radical (unpaired) electrons. The summed E-state index contributed by atoms with van der Waals surface area (Å²) in [4.78, 5) is 0. The van der Waals surface area contributed by atoms with Crippen LogP contribution < -0.4 is 9.47 Å². The first-order valence-electron chi connectivity index (χ1n) is 8.26. The van der Waals surface area contributed by atoms with E-state index in [4.69, 9.17) is 13.9 Å². The maximum atomic E-state index is 14.6. The van der Waals surface area contributed by atoms with E-state index in [-0.39, 0.29) is 22.7 Å². The Bertz CT molecular complexity index is 855. The van der Waals surface area contributed by atoms with Crippen LogP contribution in [0.25, 0.3) is 21.9 Å². The largest absolute Gasteiger partial charge is 0.491 e. The number of rotatable bonds is 7. The van der Waals surface area contributed by atoms with Crippen LogP contribution in [-0.2, 0) is 0 Å². The van der Waals surface area contributed by atoms with Crippen molar-refractivity contribution in [3.05, 3.63) is 35.9 Å². The fraction of sp³-hybridized carbons (Fsp3) is 0.368. The molecule has 5 heteroatoms. The Labute approximate surface area is 139 Å². The Hall–Kier alpha value is -2.30. The number of halogens is 2. The molecule has 1 heterocycles. The number of hydrogen-bond acceptors (Lipinski definition) is 3. The molecule has 0 aliphatic heterocycles. The third-order valence-corrected chi connectivity index (χ3v) is 3.92. The van der Waals surface area contributed by atoms with Gasteiger partial charge < -0.3 is 13.9 Å². The lowest BCUT2D eigenvalue weighted by atomic mass is 10.1. The highest BCUT2D eigenvalue weighted by molar-refractivity contribution is 6.06. The Morgan fingerprint density at radius 3 is 1.96 bits per heavy atom. The first-order valence-corrected chi connectivity index (χ1v) is 8.26. The minimum absolute atomic E-state index is 0.00187. The molecule has 24 heavy (non-hydrogen) atoms. The van der Waals surface area contributed by atoms with Crippen molar-refractivity contribution in [2.75, 3.05) is 13.2 Å². The van der Waals surface area contributed by atoms with Gasteiger partial charge in [-0.05, 0) is 37.6 Å². The second kappa shape index (κ2) is 7.07. The highest BCUT2D eigenvalue weighted by atomic mass is 19.1. The van der Waals surface area contributed by atoms with E-state index in [1.54, 1.807) is 25.1 Å². The SMILES string of the molecule is CCCCCOc1ccc2c(oc3c(F)c(OCC)ccc32)c1F. The molecule has 0 spiro atoms. The van der Waals surface area contributed by atoms with Gasteiger partial charge in [0.2, 0.25) is 11.6 Å². The molecule has 0 saturated carbocycles. The Morgan fingerprint density at radius 1 is 0.833 bits per heavy atom. The monoisotopic (exact) mass is 334 g/mol. The van der Waals surface area contributed by atoms with E-state index in [1.165, 1.54) is 6.07 Å². The van der Waals surface area contributed by atoms with E-state index >= 15 is 0 Å². The van der Waals surface area contributed by atoms with Crippen molar-refractivity contribution in [3.8, 4) is 11.5 Å². The van der Waals surface area contributed by atoms with Crippen LogP contribution in [0.4, 0.5) is 8.78 Å². The summed E-state index contributed by atoms with van der Waals surface area (Å²) in [6.45, 7) is 4.64. The number of benzene rings is 2. The van der Waals surface area contributed by atoms with Gasteiger partial charge in [-0.1, -0.05) is 19.8 Å². The molecule has 0 aliphatic carbocycles. The predicted octanol–water partition coefficient (Wildman–Crippen LogP) is 5.83. The molecule has 3 rings (SSSR count). The van der Waals surface area contributed by atoms with Crippen LogP contribution in [0.3, 0.4) is 0 Å². The van der Waals surface area contributed by atoms with Gasteiger partial charge in [0.05, 0.1) is 13.2 Å². The summed E-state index contributed by atoms with van der Waals surface area (Å²) in [6.07, 6.45) is 2.95. The second-order valence-corrected chi connectivity index (χ2v) is 5.60. The predicted molar refractivity (Wildman–Crippen MR) is 89.8 cm³/mol. The van der Waals surface area contributed by atoms with Gasteiger partial charge in [-0.25, -0.2) is 0 Å². The molecular weight excluding hydrogens is 314 g/mol. The van der Waals surface area contributed by atoms with Crippen molar-refractivity contribution >= 4 is 21.9 Å². The molecule has 0 saturated heterocycles. The number of fused-ring (bicyclic) bond motifs is 3. The summed E-state index contributed by atoms with van der Waals surface area (Å²) in [6, 6.07) is 6.46. The lowest BCUT2D eigenvalue weighted by Gasteiger charge is -2.06. The zero-order valence-corrected chi connectivity index (χ0v) is 13.8. The average Bonchev–Trinajstić information content (AvgIpc) is 2.96. The lowest BCUT2D eigenvalue weighted by Crippen LogP contribution is -1.99. The second-order valence-electron chi connectivity index (χ2n) is 5.60. The zero-order chi connectivity index (χ0) is 17.1. The topological polar surface area (TPSA) is 31.6 Å². The normalized spacial score (nSPS) is 11.3. The number of ether oxygens (including phenoxy) is 2. The zero-order valence-electron chi connectivity index (χ0n) is 13.8. The van der Waals surface area contributed by atoms with Crippen LogP contribution in [0.15, 0.2) is 28.7 Å². The lowest BCUT2D eigenvalue weighted by molar-refractivity contribution is 0.291. The molecule has 0 N–H and O–H groups in total. The van der Waals surface area contributed by atoms with Crippen molar-refractivity contribution in [2.45, 2.75) is 33.1 Å². The molecule has 0 atom stereocenters. The van der Waals surface area contributed by atoms with Crippen LogP contribution >= 0.6 is 0 Å². The van der Waals surface area contributed by atoms with E-state index in [9.17, 15) is 8.78 Å². The van der Waals surface area contributed by atoms with Crippen LogP contribution in [0.1, 0.15) is 33.1 Å². The van der Waals surface area contributed by atoms with Gasteiger partial charge in [-0.3, -0.25) is 0 Å². The molecule has 1 aromatic heterocycles. The third kappa shape index (κ3) is 2.90. The molecule has 3 nitrogen and oxygen atoms in total. The van der Waals surface area contributed by atoms with E-state index in [0.717, 1.165) is 19.3 Å². The molecule has 0 unspecified atom stereocenters. The maximum absolute atomic E-state index is 14.6. The summed E-state index contributed by atoms with van der Waals surface area (Å²) >= 11 is 0. The van der Waals surface area contributed by atoms with E-state index in [2.05, 4.69) is 6.92 Å². The fourth-order valence-corrected chi connectivity index (χ4v) is 2.71. The summed E-state index contributed by atoms with van der Waals surface area (Å²) in [5, 5.41) is 1.03. The Kier molecular flexibility index (Phi) is 4.88. The van der Waals surface area contributed by atoms with E-state index < -0.39 is 11.6 Å². The third-order valence-electron chi connectivity index (χ3n) is 3.92. The summed E-state index contributed by atoms with van der Waals surface area (Å²) in [5.41, 5.74) is 0.00326. The summed E-state index contributed by atoms with van der Waals surface area (Å²) < 4.78 is 45.2. The molecule has 128 valence electrons. The van der Waals surface area contributed by atoms with Crippen LogP contribution in [-0.4, -0.2) is 13.2 Å². The molecule has 0 bridgehead atoms. The van der Waals surface area contributed by atoms with Crippen molar-refractivity contribution in [3.63, 3.8) is 0 Å². The van der Waals surface area contributed by atoms with Gasteiger partial charge in [-0.15, -0.1) is 0 Å². The average molecular weight is 334 g/mol. The number of unbranched alkanes of at least 4 members (excludes halogenated alkanes) is 2. The Balaban J connectivity index is 2.01. The van der Waals surface area contributed by atoms with Crippen molar-refractivity contribution < 1.29 is 22.7 Å². The molecule has 0 amide bonds. The van der Waals surface area contributed by atoms with Crippen molar-refractivity contribution in [1.29, 1.82) is 0 Å². The van der Waals surface area contributed by atoms with Gasteiger partial charge in [-0.2, -0.15) is 8.78 Å².